The zero-order chi connectivity index (χ0) is 17.3. The van der Waals surface area contributed by atoms with Crippen LogP contribution in [0.15, 0.2) is 54.7 Å². The van der Waals surface area contributed by atoms with Gasteiger partial charge in [-0.3, -0.25) is 10.1 Å². The van der Waals surface area contributed by atoms with E-state index >= 15 is 0 Å². The number of nitrogens with zero attached hydrogens (tertiary/aromatic N) is 1. The van der Waals surface area contributed by atoms with Gasteiger partial charge in [0.2, 0.25) is 6.54 Å². The molecule has 3 aromatic rings. The lowest BCUT2D eigenvalue weighted by Gasteiger charge is -2.14. The Kier molecular flexibility index (Phi) is 4.01. The highest BCUT2D eigenvalue weighted by Gasteiger charge is 2.31. The van der Waals surface area contributed by atoms with Gasteiger partial charge in [-0.05, 0) is 29.3 Å². The van der Waals surface area contributed by atoms with E-state index in [1.165, 1.54) is 12.1 Å². The molecule has 0 aliphatic rings. The highest BCUT2D eigenvalue weighted by Crippen LogP contribution is 2.34. The predicted octanol–water partition coefficient (Wildman–Crippen LogP) is 4.60. The molecule has 0 spiro atoms. The van der Waals surface area contributed by atoms with Gasteiger partial charge in [0, 0.05) is 22.0 Å². The number of alkyl halides is 3. The number of fused-ring (bicyclic) bond motifs is 1. The predicted molar refractivity (Wildman–Crippen MR) is 83.4 cm³/mol. The van der Waals surface area contributed by atoms with E-state index in [-0.39, 0.29) is 0 Å². The first-order valence-electron chi connectivity index (χ1n) is 7.21. The molecule has 2 aromatic carbocycles. The zero-order valence-electron chi connectivity index (χ0n) is 12.4. The number of halogens is 3. The van der Waals surface area contributed by atoms with E-state index in [9.17, 15) is 23.3 Å². The summed E-state index contributed by atoms with van der Waals surface area (Å²) in [7, 11) is 0. The third-order valence-corrected chi connectivity index (χ3v) is 3.97. The molecule has 1 N–H and O–H groups in total. The van der Waals surface area contributed by atoms with Crippen LogP contribution in [0.25, 0.3) is 10.9 Å². The SMILES string of the molecule is O=[N+]([O-])C[C@@H](c1ccc(C(F)(F)F)cc1)c1c[nH]c2ccccc12. The standard InChI is InChI=1S/C17H13F3N2O2/c18-17(19,20)12-7-5-11(6-8-12)15(10-22(23)24)14-9-21-16-4-2-1-3-13(14)16/h1-9,15,21H,10H2/t15-/m0/s1. The largest absolute Gasteiger partial charge is 0.416 e. The highest BCUT2D eigenvalue weighted by atomic mass is 19.4. The van der Waals surface area contributed by atoms with Crippen molar-refractivity contribution in [3.8, 4) is 0 Å². The van der Waals surface area contributed by atoms with Gasteiger partial charge in [-0.2, -0.15) is 13.2 Å². The van der Waals surface area contributed by atoms with Gasteiger partial charge in [0.05, 0.1) is 11.5 Å². The Bertz CT molecular complexity index is 869. The van der Waals surface area contributed by atoms with Crippen molar-refractivity contribution < 1.29 is 18.1 Å². The molecular weight excluding hydrogens is 321 g/mol. The van der Waals surface area contributed by atoms with Crippen LogP contribution >= 0.6 is 0 Å². The van der Waals surface area contributed by atoms with Gasteiger partial charge in [-0.25, -0.2) is 0 Å². The molecule has 0 saturated heterocycles. The van der Waals surface area contributed by atoms with E-state index in [2.05, 4.69) is 4.98 Å². The minimum atomic E-state index is -4.43. The Balaban J connectivity index is 2.05. The molecule has 0 amide bonds. The lowest BCUT2D eigenvalue weighted by atomic mass is 9.90. The highest BCUT2D eigenvalue weighted by molar-refractivity contribution is 5.84. The number of benzene rings is 2. The van der Waals surface area contributed by atoms with E-state index in [1.54, 1.807) is 6.20 Å². The maximum absolute atomic E-state index is 12.7. The van der Waals surface area contributed by atoms with E-state index in [4.69, 9.17) is 0 Å². The molecule has 24 heavy (non-hydrogen) atoms. The van der Waals surface area contributed by atoms with Crippen molar-refractivity contribution in [1.29, 1.82) is 0 Å². The summed E-state index contributed by atoms with van der Waals surface area (Å²) >= 11 is 0. The molecule has 1 heterocycles. The van der Waals surface area contributed by atoms with Gasteiger partial charge >= 0.3 is 6.18 Å². The molecule has 0 radical (unpaired) electrons. The van der Waals surface area contributed by atoms with Gasteiger partial charge in [-0.1, -0.05) is 30.3 Å². The number of rotatable bonds is 4. The molecule has 0 bridgehead atoms. The summed E-state index contributed by atoms with van der Waals surface area (Å²) in [5.41, 5.74) is 1.23. The molecule has 1 atom stereocenters. The van der Waals surface area contributed by atoms with Crippen molar-refractivity contribution in [2.45, 2.75) is 12.1 Å². The van der Waals surface area contributed by atoms with E-state index in [1.807, 2.05) is 24.3 Å². The summed E-state index contributed by atoms with van der Waals surface area (Å²) in [5, 5.41) is 11.9. The molecule has 7 heteroatoms. The van der Waals surface area contributed by atoms with Crippen molar-refractivity contribution in [3.63, 3.8) is 0 Å². The molecule has 124 valence electrons. The average Bonchev–Trinajstić information content (AvgIpc) is 2.96. The van der Waals surface area contributed by atoms with Crippen molar-refractivity contribution in [2.75, 3.05) is 6.54 Å². The number of hydrogen-bond acceptors (Lipinski definition) is 2. The van der Waals surface area contributed by atoms with Crippen LogP contribution in [0.5, 0.6) is 0 Å². The van der Waals surface area contributed by atoms with Crippen LogP contribution in [-0.2, 0) is 6.18 Å². The second kappa shape index (κ2) is 5.99. The van der Waals surface area contributed by atoms with Crippen LogP contribution in [0.3, 0.4) is 0 Å². The van der Waals surface area contributed by atoms with E-state index in [0.717, 1.165) is 23.0 Å². The van der Waals surface area contributed by atoms with Crippen LogP contribution in [0.1, 0.15) is 22.6 Å². The third kappa shape index (κ3) is 3.10. The summed E-state index contributed by atoms with van der Waals surface area (Å²) in [6.07, 6.45) is -2.76. The summed E-state index contributed by atoms with van der Waals surface area (Å²) in [4.78, 5) is 13.6. The van der Waals surface area contributed by atoms with Gasteiger partial charge in [0.25, 0.3) is 0 Å². The monoisotopic (exact) mass is 334 g/mol. The number of nitro groups is 1. The summed E-state index contributed by atoms with van der Waals surface area (Å²) in [5.74, 6) is -0.626. The molecule has 0 fully saturated rings. The fraction of sp³-hybridized carbons (Fsp3) is 0.176. The van der Waals surface area contributed by atoms with E-state index < -0.39 is 29.1 Å². The van der Waals surface area contributed by atoms with Gasteiger partial charge < -0.3 is 4.98 Å². The van der Waals surface area contributed by atoms with Crippen LogP contribution in [-0.4, -0.2) is 16.5 Å². The van der Waals surface area contributed by atoms with Crippen molar-refractivity contribution in [3.05, 3.63) is 81.5 Å². The van der Waals surface area contributed by atoms with Crippen LogP contribution in [0, 0.1) is 10.1 Å². The molecule has 3 rings (SSSR count). The fourth-order valence-corrected chi connectivity index (χ4v) is 2.82. The van der Waals surface area contributed by atoms with Crippen LogP contribution in [0.2, 0.25) is 0 Å². The van der Waals surface area contributed by atoms with Gasteiger partial charge in [0.15, 0.2) is 0 Å². The number of nitrogens with one attached hydrogen (secondary N) is 1. The van der Waals surface area contributed by atoms with Gasteiger partial charge in [-0.15, -0.1) is 0 Å². The van der Waals surface area contributed by atoms with E-state index in [0.29, 0.717) is 11.1 Å². The maximum atomic E-state index is 12.7. The molecule has 0 saturated carbocycles. The Morgan fingerprint density at radius 2 is 1.75 bits per heavy atom. The normalized spacial score (nSPS) is 13.1. The maximum Gasteiger partial charge on any atom is 0.416 e. The lowest BCUT2D eigenvalue weighted by Crippen LogP contribution is -2.14. The molecular formula is C17H13F3N2O2. The second-order valence-corrected chi connectivity index (χ2v) is 5.48. The first-order valence-corrected chi connectivity index (χ1v) is 7.21. The van der Waals surface area contributed by atoms with Crippen molar-refractivity contribution in [2.24, 2.45) is 0 Å². The molecule has 4 nitrogen and oxygen atoms in total. The molecule has 0 unspecified atom stereocenters. The number of aromatic amines is 1. The second-order valence-electron chi connectivity index (χ2n) is 5.48. The molecule has 0 aliphatic heterocycles. The average molecular weight is 334 g/mol. The third-order valence-electron chi connectivity index (χ3n) is 3.97. The Hall–Kier alpha value is -2.83. The van der Waals surface area contributed by atoms with Crippen LogP contribution < -0.4 is 0 Å². The molecule has 0 aliphatic carbocycles. The minimum Gasteiger partial charge on any atom is -0.361 e. The Morgan fingerprint density at radius 3 is 2.38 bits per heavy atom. The number of para-hydroxylation sites is 1. The quantitative estimate of drug-likeness (QED) is 0.560. The van der Waals surface area contributed by atoms with Gasteiger partial charge in [0.1, 0.15) is 0 Å². The fourth-order valence-electron chi connectivity index (χ4n) is 2.82. The molecule has 1 aromatic heterocycles. The zero-order valence-corrected chi connectivity index (χ0v) is 12.4. The summed E-state index contributed by atoms with van der Waals surface area (Å²) in [6.45, 7) is -0.396. The number of H-pyrrole nitrogens is 1. The smallest absolute Gasteiger partial charge is 0.361 e. The lowest BCUT2D eigenvalue weighted by molar-refractivity contribution is -0.481. The Morgan fingerprint density at radius 1 is 1.08 bits per heavy atom. The number of aromatic nitrogens is 1. The minimum absolute atomic E-state index is 0.396. The van der Waals surface area contributed by atoms with Crippen molar-refractivity contribution >= 4 is 10.9 Å². The number of hydrogen-bond donors (Lipinski definition) is 1. The van der Waals surface area contributed by atoms with Crippen LogP contribution in [0.4, 0.5) is 13.2 Å². The Labute approximate surface area is 135 Å². The first kappa shape index (κ1) is 16.0. The summed E-state index contributed by atoms with van der Waals surface area (Å²) in [6, 6.07) is 11.8. The topological polar surface area (TPSA) is 58.9 Å². The first-order chi connectivity index (χ1) is 11.4. The summed E-state index contributed by atoms with van der Waals surface area (Å²) < 4.78 is 38.1. The van der Waals surface area contributed by atoms with Crippen molar-refractivity contribution in [1.82, 2.24) is 4.98 Å².